The number of carbonyl (C=O) groups is 1. The van der Waals surface area contributed by atoms with E-state index in [2.05, 4.69) is 10.1 Å². The first-order valence-electron chi connectivity index (χ1n) is 10.9. The highest BCUT2D eigenvalue weighted by Gasteiger charge is 2.41. The summed E-state index contributed by atoms with van der Waals surface area (Å²) in [6, 6.07) is 21.7. The lowest BCUT2D eigenvalue weighted by Gasteiger charge is -2.22. The molecule has 5 aromatic rings. The molecule has 2 heterocycles. The Labute approximate surface area is 208 Å². The fourth-order valence-electron chi connectivity index (χ4n) is 3.90. The van der Waals surface area contributed by atoms with Crippen molar-refractivity contribution < 1.29 is 22.4 Å². The zero-order chi connectivity index (χ0) is 25.3. The number of alkyl halides is 3. The number of para-hydroxylation sites is 1. The molecule has 0 bridgehead atoms. The second kappa shape index (κ2) is 9.50. The summed E-state index contributed by atoms with van der Waals surface area (Å²) in [7, 11) is 0. The number of halogens is 4. The van der Waals surface area contributed by atoms with Crippen LogP contribution in [0.1, 0.15) is 27.5 Å². The molecule has 5 rings (SSSR count). The number of hydrogen-bond acceptors (Lipinski definition) is 4. The van der Waals surface area contributed by atoms with Gasteiger partial charge in [0.25, 0.3) is 5.91 Å². The van der Waals surface area contributed by atoms with Crippen molar-refractivity contribution in [3.05, 3.63) is 113 Å². The molecule has 6 nitrogen and oxygen atoms in total. The minimum absolute atomic E-state index is 0.0347. The summed E-state index contributed by atoms with van der Waals surface area (Å²) < 4.78 is 49.1. The highest BCUT2D eigenvalue weighted by molar-refractivity contribution is 6.31. The highest BCUT2D eigenvalue weighted by atomic mass is 35.5. The molecule has 0 saturated heterocycles. The Bertz CT molecular complexity index is 1520. The zero-order valence-electron chi connectivity index (χ0n) is 18.6. The van der Waals surface area contributed by atoms with Crippen molar-refractivity contribution >= 4 is 28.6 Å². The van der Waals surface area contributed by atoms with Gasteiger partial charge in [0.05, 0.1) is 24.0 Å². The fourth-order valence-corrected chi connectivity index (χ4v) is 4.06. The number of amides is 1. The lowest BCUT2D eigenvalue weighted by molar-refractivity contribution is -0.143. The van der Waals surface area contributed by atoms with Crippen molar-refractivity contribution in [3.63, 3.8) is 0 Å². The highest BCUT2D eigenvalue weighted by Crippen LogP contribution is 2.34. The molecule has 0 unspecified atom stereocenters. The average Bonchev–Trinajstić information content (AvgIpc) is 3.48. The van der Waals surface area contributed by atoms with E-state index in [0.717, 1.165) is 16.4 Å². The van der Waals surface area contributed by atoms with Crippen LogP contribution in [0, 0.1) is 0 Å². The number of fused-ring (bicyclic) bond motifs is 1. The number of oxazole rings is 1. The van der Waals surface area contributed by atoms with E-state index in [1.807, 2.05) is 6.07 Å². The molecular weight excluding hydrogens is 493 g/mol. The van der Waals surface area contributed by atoms with E-state index < -0.39 is 23.3 Å². The van der Waals surface area contributed by atoms with Crippen molar-refractivity contribution in [1.29, 1.82) is 0 Å². The quantitative estimate of drug-likeness (QED) is 0.260. The molecule has 0 spiro atoms. The molecule has 0 aliphatic heterocycles. The Morgan fingerprint density at radius 2 is 1.67 bits per heavy atom. The van der Waals surface area contributed by atoms with Gasteiger partial charge >= 0.3 is 6.18 Å². The smallest absolute Gasteiger partial charge is 0.434 e. The van der Waals surface area contributed by atoms with Crippen LogP contribution < -0.4 is 0 Å². The lowest BCUT2D eigenvalue weighted by atomic mass is 10.1. The number of rotatable bonds is 6. The number of benzene rings is 3. The number of nitrogens with zero attached hydrogens (tertiary/aromatic N) is 4. The van der Waals surface area contributed by atoms with E-state index in [-0.39, 0.29) is 24.7 Å². The molecule has 0 aliphatic carbocycles. The Morgan fingerprint density at radius 1 is 0.972 bits per heavy atom. The van der Waals surface area contributed by atoms with E-state index in [9.17, 15) is 18.0 Å². The topological polar surface area (TPSA) is 64.2 Å². The molecule has 3 aromatic carbocycles. The third kappa shape index (κ3) is 4.83. The van der Waals surface area contributed by atoms with Gasteiger partial charge < -0.3 is 9.32 Å². The molecule has 182 valence electrons. The van der Waals surface area contributed by atoms with Gasteiger partial charge in [0.2, 0.25) is 5.89 Å². The Hall–Kier alpha value is -4.11. The monoisotopic (exact) mass is 510 g/mol. The number of aromatic nitrogens is 3. The summed E-state index contributed by atoms with van der Waals surface area (Å²) in [5.74, 6) is -0.686. The predicted molar refractivity (Wildman–Crippen MR) is 128 cm³/mol. The van der Waals surface area contributed by atoms with Gasteiger partial charge in [-0.25, -0.2) is 9.67 Å². The van der Waals surface area contributed by atoms with Crippen LogP contribution in [-0.2, 0) is 19.3 Å². The molecule has 0 radical (unpaired) electrons. The van der Waals surface area contributed by atoms with Crippen LogP contribution in [0.3, 0.4) is 0 Å². The minimum atomic E-state index is -4.83. The first-order valence-corrected chi connectivity index (χ1v) is 11.3. The van der Waals surface area contributed by atoms with E-state index in [4.69, 9.17) is 16.0 Å². The van der Waals surface area contributed by atoms with Gasteiger partial charge in [0.1, 0.15) is 5.52 Å². The Kier molecular flexibility index (Phi) is 6.24. The fraction of sp³-hybridized carbons (Fsp3) is 0.115. The van der Waals surface area contributed by atoms with Crippen LogP contribution in [0.15, 0.2) is 89.5 Å². The van der Waals surface area contributed by atoms with Gasteiger partial charge in [-0.15, -0.1) is 0 Å². The molecule has 2 aromatic heterocycles. The first-order chi connectivity index (χ1) is 17.3. The maximum atomic E-state index is 14.2. The summed E-state index contributed by atoms with van der Waals surface area (Å²) in [5.41, 5.74) is 0.137. The van der Waals surface area contributed by atoms with Gasteiger partial charge in [0, 0.05) is 11.6 Å². The average molecular weight is 511 g/mol. The summed E-state index contributed by atoms with van der Waals surface area (Å²) in [6.45, 7) is -0.124. The Balaban J connectivity index is 1.56. The minimum Gasteiger partial charge on any atom is -0.439 e. The first kappa shape index (κ1) is 23.6. The largest absolute Gasteiger partial charge is 0.439 e. The second-order valence-electron chi connectivity index (χ2n) is 8.02. The van der Waals surface area contributed by atoms with Crippen LogP contribution >= 0.6 is 11.6 Å². The number of hydrogen-bond donors (Lipinski definition) is 0. The summed E-state index contributed by atoms with van der Waals surface area (Å²) in [6.07, 6.45) is -3.88. The third-order valence-electron chi connectivity index (χ3n) is 5.49. The molecule has 10 heteroatoms. The molecule has 0 fully saturated rings. The zero-order valence-corrected chi connectivity index (χ0v) is 19.4. The second-order valence-corrected chi connectivity index (χ2v) is 8.45. The SMILES string of the molecule is O=C(c1cnn(-c2ccccc2)c1C(F)(F)F)N(Cc1ccccc1)Cc1nc2cc(Cl)ccc2o1. The van der Waals surface area contributed by atoms with E-state index in [1.54, 1.807) is 60.7 Å². The van der Waals surface area contributed by atoms with Crippen molar-refractivity contribution in [2.24, 2.45) is 0 Å². The maximum Gasteiger partial charge on any atom is 0.434 e. The molecule has 0 atom stereocenters. The van der Waals surface area contributed by atoms with Crippen LogP contribution in [0.5, 0.6) is 0 Å². The van der Waals surface area contributed by atoms with Crippen molar-refractivity contribution in [3.8, 4) is 5.69 Å². The van der Waals surface area contributed by atoms with Crippen LogP contribution in [0.25, 0.3) is 16.8 Å². The van der Waals surface area contributed by atoms with E-state index in [0.29, 0.717) is 16.1 Å². The van der Waals surface area contributed by atoms with Crippen molar-refractivity contribution in [2.75, 3.05) is 0 Å². The van der Waals surface area contributed by atoms with Gasteiger partial charge in [-0.05, 0) is 35.9 Å². The van der Waals surface area contributed by atoms with E-state index >= 15 is 0 Å². The summed E-state index contributed by atoms with van der Waals surface area (Å²) in [5, 5.41) is 4.37. The standard InChI is InChI=1S/C26H18ClF3N4O2/c27-18-11-12-22-21(13-18)32-23(36-22)16-33(15-17-7-3-1-4-8-17)25(35)20-14-31-34(24(20)26(28,29)30)19-9-5-2-6-10-19/h1-14H,15-16H2. The van der Waals surface area contributed by atoms with Crippen LogP contribution in [-0.4, -0.2) is 25.6 Å². The predicted octanol–water partition coefficient (Wildman–Crippen LogP) is 6.53. The van der Waals surface area contributed by atoms with E-state index in [1.165, 1.54) is 17.0 Å². The summed E-state index contributed by atoms with van der Waals surface area (Å²) >= 11 is 6.02. The van der Waals surface area contributed by atoms with Gasteiger partial charge in [-0.1, -0.05) is 60.1 Å². The molecular formula is C26H18ClF3N4O2. The number of carbonyl (C=O) groups excluding carboxylic acids is 1. The lowest BCUT2D eigenvalue weighted by Crippen LogP contribution is -2.32. The normalized spacial score (nSPS) is 11.7. The Morgan fingerprint density at radius 3 is 2.36 bits per heavy atom. The van der Waals surface area contributed by atoms with Crippen molar-refractivity contribution in [1.82, 2.24) is 19.7 Å². The van der Waals surface area contributed by atoms with Crippen LogP contribution in [0.2, 0.25) is 5.02 Å². The molecule has 0 saturated carbocycles. The maximum absolute atomic E-state index is 14.2. The van der Waals surface area contributed by atoms with Crippen molar-refractivity contribution in [2.45, 2.75) is 19.3 Å². The van der Waals surface area contributed by atoms with Gasteiger partial charge in [-0.2, -0.15) is 18.3 Å². The third-order valence-corrected chi connectivity index (χ3v) is 5.73. The van der Waals surface area contributed by atoms with Crippen LogP contribution in [0.4, 0.5) is 13.2 Å². The summed E-state index contributed by atoms with van der Waals surface area (Å²) in [4.78, 5) is 19.2. The molecule has 36 heavy (non-hydrogen) atoms. The molecule has 0 N–H and O–H groups in total. The van der Waals surface area contributed by atoms with Gasteiger partial charge in [-0.3, -0.25) is 4.79 Å². The molecule has 1 amide bonds. The van der Waals surface area contributed by atoms with Gasteiger partial charge in [0.15, 0.2) is 11.3 Å². The molecule has 0 aliphatic rings.